The Morgan fingerprint density at radius 2 is 1.23 bits per heavy atom. The molecule has 5 nitrogen and oxygen atoms in total. The second-order valence-electron chi connectivity index (χ2n) is 8.39. The number of hydrogen-bond acceptors (Lipinski definition) is 5. The molecule has 1 atom stereocenters. The van der Waals surface area contributed by atoms with E-state index in [0.29, 0.717) is 5.69 Å². The van der Waals surface area contributed by atoms with Gasteiger partial charge in [0, 0.05) is 0 Å². The van der Waals surface area contributed by atoms with Gasteiger partial charge in [-0.05, 0) is 31.0 Å². The second-order valence-corrected chi connectivity index (χ2v) is 9.77. The van der Waals surface area contributed by atoms with Crippen LogP contribution in [-0.4, -0.2) is 19.1 Å². The maximum Gasteiger partial charge on any atom is 1.00 e. The van der Waals surface area contributed by atoms with E-state index >= 15 is 0 Å². The van der Waals surface area contributed by atoms with Crippen LogP contribution in [0.4, 0.5) is 11.4 Å². The summed E-state index contributed by atoms with van der Waals surface area (Å²) in [7, 11) is -4.40. The van der Waals surface area contributed by atoms with Crippen LogP contribution in [0.3, 0.4) is 0 Å². The van der Waals surface area contributed by atoms with Gasteiger partial charge in [-0.1, -0.05) is 90.4 Å². The zero-order chi connectivity index (χ0) is 21.0. The fraction of sp³-hybridized carbons (Fsp3) is 0.739. The SMILES string of the molecule is CCCCCCCCCCCCCCCCC1Nc2ccc(S(=O)(=O)[O-])cc2N1.[K+]. The molecule has 0 radical (unpaired) electrons. The molecule has 1 aromatic rings. The molecule has 1 heterocycles. The third kappa shape index (κ3) is 11.3. The van der Waals surface area contributed by atoms with Crippen LogP contribution in [-0.2, 0) is 10.1 Å². The minimum Gasteiger partial charge on any atom is -0.744 e. The molecule has 0 aliphatic carbocycles. The van der Waals surface area contributed by atoms with Crippen LogP contribution in [0, 0.1) is 0 Å². The number of anilines is 2. The molecule has 0 fully saturated rings. The molecule has 1 aliphatic heterocycles. The van der Waals surface area contributed by atoms with E-state index in [1.165, 1.54) is 95.6 Å². The van der Waals surface area contributed by atoms with Crippen LogP contribution >= 0.6 is 0 Å². The summed E-state index contributed by atoms with van der Waals surface area (Å²) in [5.41, 5.74) is 1.57. The molecule has 0 amide bonds. The molecule has 0 spiro atoms. The monoisotopic (exact) mass is 462 g/mol. The van der Waals surface area contributed by atoms with Gasteiger partial charge in [0.15, 0.2) is 0 Å². The molecular weight excluding hydrogens is 423 g/mol. The summed E-state index contributed by atoms with van der Waals surface area (Å²) in [6.07, 6.45) is 20.0. The van der Waals surface area contributed by atoms with Gasteiger partial charge in [-0.3, -0.25) is 0 Å². The van der Waals surface area contributed by atoms with Crippen LogP contribution in [0.2, 0.25) is 0 Å². The van der Waals surface area contributed by atoms with Gasteiger partial charge in [0.2, 0.25) is 0 Å². The molecule has 2 N–H and O–H groups in total. The summed E-state index contributed by atoms with van der Waals surface area (Å²) in [4.78, 5) is -0.178. The van der Waals surface area contributed by atoms with E-state index in [1.807, 2.05) is 0 Å². The molecule has 30 heavy (non-hydrogen) atoms. The first-order chi connectivity index (χ1) is 14.0. The first kappa shape index (κ1) is 28.4. The molecule has 1 aromatic carbocycles. The van der Waals surface area contributed by atoms with Crippen LogP contribution < -0.4 is 62.0 Å². The quantitative estimate of drug-likeness (QED) is 0.223. The number of hydrogen-bond donors (Lipinski definition) is 2. The van der Waals surface area contributed by atoms with Crippen molar-refractivity contribution in [2.45, 2.75) is 114 Å². The zero-order valence-electron chi connectivity index (χ0n) is 19.0. The number of unbranched alkanes of at least 4 members (excludes halogenated alkanes) is 13. The molecule has 1 unspecified atom stereocenters. The van der Waals surface area contributed by atoms with Crippen molar-refractivity contribution in [2.24, 2.45) is 0 Å². The first-order valence-electron chi connectivity index (χ1n) is 11.6. The Bertz CT molecular complexity index is 698. The molecule has 7 heteroatoms. The van der Waals surface area contributed by atoms with E-state index in [-0.39, 0.29) is 62.4 Å². The summed E-state index contributed by atoms with van der Waals surface area (Å²) in [6.45, 7) is 2.27. The van der Waals surface area contributed by atoms with Gasteiger partial charge >= 0.3 is 51.4 Å². The third-order valence-corrected chi connectivity index (χ3v) is 6.62. The van der Waals surface area contributed by atoms with E-state index < -0.39 is 10.1 Å². The van der Waals surface area contributed by atoms with Crippen molar-refractivity contribution >= 4 is 21.5 Å². The molecule has 0 saturated carbocycles. The minimum atomic E-state index is -4.40. The van der Waals surface area contributed by atoms with Crippen molar-refractivity contribution in [1.82, 2.24) is 0 Å². The Morgan fingerprint density at radius 1 is 0.767 bits per heavy atom. The van der Waals surface area contributed by atoms with Crippen molar-refractivity contribution in [3.63, 3.8) is 0 Å². The van der Waals surface area contributed by atoms with Crippen molar-refractivity contribution < 1.29 is 64.4 Å². The van der Waals surface area contributed by atoms with Gasteiger partial charge in [-0.15, -0.1) is 0 Å². The summed E-state index contributed by atoms with van der Waals surface area (Å²) < 4.78 is 33.4. The Hall–Kier alpha value is 0.366. The first-order valence-corrected chi connectivity index (χ1v) is 13.0. The van der Waals surface area contributed by atoms with Gasteiger partial charge < -0.3 is 15.2 Å². The molecular formula is C23H39KN2O3S. The van der Waals surface area contributed by atoms with Crippen LogP contribution in [0.25, 0.3) is 0 Å². The predicted octanol–water partition coefficient (Wildman–Crippen LogP) is 3.63. The van der Waals surface area contributed by atoms with Gasteiger partial charge in [0.05, 0.1) is 22.4 Å². The summed E-state index contributed by atoms with van der Waals surface area (Å²) in [6, 6.07) is 4.46. The maximum absolute atomic E-state index is 11.1. The molecule has 2 rings (SSSR count). The van der Waals surface area contributed by atoms with Crippen molar-refractivity contribution in [1.29, 1.82) is 0 Å². The molecule has 1 aliphatic rings. The zero-order valence-corrected chi connectivity index (χ0v) is 23.0. The Morgan fingerprint density at radius 3 is 1.73 bits per heavy atom. The Kier molecular flexibility index (Phi) is 15.2. The van der Waals surface area contributed by atoms with Crippen molar-refractivity contribution in [3.8, 4) is 0 Å². The molecule has 0 bridgehead atoms. The molecule has 0 aromatic heterocycles. The summed E-state index contributed by atoms with van der Waals surface area (Å²) >= 11 is 0. The average Bonchev–Trinajstić information content (AvgIpc) is 3.09. The van der Waals surface area contributed by atoms with E-state index in [9.17, 15) is 13.0 Å². The van der Waals surface area contributed by atoms with E-state index in [0.717, 1.165) is 18.5 Å². The van der Waals surface area contributed by atoms with Gasteiger partial charge in [0.25, 0.3) is 0 Å². The second kappa shape index (κ2) is 16.1. The van der Waals surface area contributed by atoms with Crippen LogP contribution in [0.1, 0.15) is 103 Å². The number of benzene rings is 1. The Balaban J connectivity index is 0.00000450. The molecule has 0 saturated heterocycles. The van der Waals surface area contributed by atoms with Crippen molar-refractivity contribution in [2.75, 3.05) is 10.6 Å². The third-order valence-electron chi connectivity index (χ3n) is 5.79. The summed E-state index contributed by atoms with van der Waals surface area (Å²) in [5.74, 6) is 0. The fourth-order valence-corrected chi connectivity index (χ4v) is 4.52. The smallest absolute Gasteiger partial charge is 0.744 e. The van der Waals surface area contributed by atoms with Gasteiger partial charge in [-0.2, -0.15) is 0 Å². The number of rotatable bonds is 16. The molecule has 166 valence electrons. The fourth-order valence-electron chi connectivity index (χ4n) is 4.02. The van der Waals surface area contributed by atoms with E-state index in [4.69, 9.17) is 0 Å². The topological polar surface area (TPSA) is 81.3 Å². The largest absolute Gasteiger partial charge is 1.00 e. The number of nitrogens with one attached hydrogen (secondary N) is 2. The number of fused-ring (bicyclic) bond motifs is 1. The van der Waals surface area contributed by atoms with E-state index in [2.05, 4.69) is 17.6 Å². The van der Waals surface area contributed by atoms with Crippen LogP contribution in [0.15, 0.2) is 23.1 Å². The van der Waals surface area contributed by atoms with E-state index in [1.54, 1.807) is 6.07 Å². The van der Waals surface area contributed by atoms with Crippen LogP contribution in [0.5, 0.6) is 0 Å². The van der Waals surface area contributed by atoms with Gasteiger partial charge in [0.1, 0.15) is 10.1 Å². The minimum absolute atomic E-state index is 0. The summed E-state index contributed by atoms with van der Waals surface area (Å²) in [5, 5.41) is 6.63. The maximum atomic E-state index is 11.1. The average molecular weight is 463 g/mol. The standard InChI is InChI=1S/C23H40N2O3S.K/c1-2-3-4-5-6-7-8-9-10-11-12-13-14-15-16-23-24-21-18-17-20(29(26,27)28)19-22(21)25-23;/h17-19,23-25H,2-16H2,1H3,(H,26,27,28);/q;+1/p-1. The normalized spacial score (nSPS) is 15.2. The van der Waals surface area contributed by atoms with Gasteiger partial charge in [-0.25, -0.2) is 8.42 Å². The Labute approximate surface area is 226 Å². The van der Waals surface area contributed by atoms with Crippen molar-refractivity contribution in [3.05, 3.63) is 18.2 Å². The predicted molar refractivity (Wildman–Crippen MR) is 120 cm³/mol.